The molecule has 48 heavy (non-hydrogen) atoms. The zero-order valence-electron chi connectivity index (χ0n) is 26.7. The van der Waals surface area contributed by atoms with Gasteiger partial charge in [0.2, 0.25) is 6.29 Å². The fraction of sp³-hybridized carbons (Fsp3) is 0.515. The third kappa shape index (κ3) is 7.28. The van der Waals surface area contributed by atoms with Gasteiger partial charge in [0, 0.05) is 23.8 Å². The van der Waals surface area contributed by atoms with E-state index in [1.165, 1.54) is 26.2 Å². The second-order valence-electron chi connectivity index (χ2n) is 11.9. The number of rotatable bonds is 10. The molecule has 2 fully saturated rings. The van der Waals surface area contributed by atoms with Crippen LogP contribution < -0.4 is 14.9 Å². The van der Waals surface area contributed by atoms with Crippen molar-refractivity contribution >= 4 is 16.9 Å². The zero-order chi connectivity index (χ0) is 34.9. The summed E-state index contributed by atoms with van der Waals surface area (Å²) in [6.07, 6.45) is -14.5. The van der Waals surface area contributed by atoms with Crippen LogP contribution in [0, 0.1) is 5.92 Å². The fourth-order valence-electron chi connectivity index (χ4n) is 5.36. The van der Waals surface area contributed by atoms with Crippen molar-refractivity contribution in [1.82, 2.24) is 0 Å². The molecule has 0 bridgehead atoms. The molecular weight excluding hydrogens is 636 g/mol. The molecule has 0 radical (unpaired) electrons. The maximum Gasteiger partial charge on any atom is 0.309 e. The van der Waals surface area contributed by atoms with Crippen LogP contribution in [-0.2, 0) is 23.7 Å². The van der Waals surface area contributed by atoms with Crippen LogP contribution in [0.1, 0.15) is 27.2 Å². The molecule has 2 aromatic carbocycles. The molecule has 15 nitrogen and oxygen atoms in total. The Hall–Kier alpha value is -3.80. The lowest BCUT2D eigenvalue weighted by Crippen LogP contribution is -2.62. The second-order valence-corrected chi connectivity index (χ2v) is 11.9. The minimum Gasteiger partial charge on any atom is -0.507 e. The van der Waals surface area contributed by atoms with Crippen molar-refractivity contribution in [3.63, 3.8) is 0 Å². The van der Waals surface area contributed by atoms with Gasteiger partial charge in [-0.25, -0.2) is 0 Å². The summed E-state index contributed by atoms with van der Waals surface area (Å²) in [4.78, 5) is 25.4. The van der Waals surface area contributed by atoms with Gasteiger partial charge in [0.05, 0.1) is 25.7 Å². The first-order valence-corrected chi connectivity index (χ1v) is 15.5. The van der Waals surface area contributed by atoms with Gasteiger partial charge in [0.15, 0.2) is 17.8 Å². The average Bonchev–Trinajstić information content (AvgIpc) is 3.07. The molecule has 0 spiro atoms. The lowest BCUT2D eigenvalue weighted by atomic mass is 9.98. The van der Waals surface area contributed by atoms with Gasteiger partial charge < -0.3 is 63.5 Å². The van der Waals surface area contributed by atoms with Crippen molar-refractivity contribution in [2.45, 2.75) is 88.6 Å². The van der Waals surface area contributed by atoms with Crippen molar-refractivity contribution in [3.8, 4) is 28.6 Å². The highest BCUT2D eigenvalue weighted by Gasteiger charge is 2.49. The van der Waals surface area contributed by atoms with Gasteiger partial charge in [0.1, 0.15) is 70.6 Å². The Kier molecular flexibility index (Phi) is 10.9. The summed E-state index contributed by atoms with van der Waals surface area (Å²) in [6.45, 7) is 4.38. The number of phenols is 1. The van der Waals surface area contributed by atoms with Crippen molar-refractivity contribution < 1.29 is 68.3 Å². The van der Waals surface area contributed by atoms with Crippen LogP contribution in [-0.4, -0.2) is 112 Å². The van der Waals surface area contributed by atoms with E-state index in [0.717, 1.165) is 6.07 Å². The van der Waals surface area contributed by atoms with Gasteiger partial charge in [-0.15, -0.1) is 0 Å². The van der Waals surface area contributed by atoms with Gasteiger partial charge in [-0.05, 0) is 37.6 Å². The number of aromatic hydroxyl groups is 1. The van der Waals surface area contributed by atoms with Crippen LogP contribution in [0.3, 0.4) is 0 Å². The second kappa shape index (κ2) is 14.8. The summed E-state index contributed by atoms with van der Waals surface area (Å²) in [6, 6.07) is 10.4. The number of phenolic OH excluding ortho intramolecular Hbond substituents is 1. The smallest absolute Gasteiger partial charge is 0.309 e. The Morgan fingerprint density at radius 1 is 0.896 bits per heavy atom. The van der Waals surface area contributed by atoms with Gasteiger partial charge in [-0.1, -0.05) is 13.8 Å². The highest BCUT2D eigenvalue weighted by atomic mass is 16.7. The molecule has 3 aromatic rings. The van der Waals surface area contributed by atoms with Crippen LogP contribution in [0.2, 0.25) is 0 Å². The van der Waals surface area contributed by atoms with E-state index in [-0.39, 0.29) is 22.5 Å². The molecule has 15 heteroatoms. The molecule has 11 unspecified atom stereocenters. The number of aliphatic hydroxyl groups excluding tert-OH is 5. The summed E-state index contributed by atoms with van der Waals surface area (Å²) < 4.78 is 39.4. The van der Waals surface area contributed by atoms with Gasteiger partial charge in [-0.2, -0.15) is 0 Å². The summed E-state index contributed by atoms with van der Waals surface area (Å²) in [7, 11) is 1.52. The molecule has 11 atom stereocenters. The molecule has 0 aliphatic carbocycles. The molecule has 2 aliphatic heterocycles. The van der Waals surface area contributed by atoms with E-state index >= 15 is 0 Å². The molecule has 262 valence electrons. The number of aliphatic hydroxyl groups is 5. The molecule has 5 rings (SSSR count). The maximum absolute atomic E-state index is 12.9. The largest absolute Gasteiger partial charge is 0.507 e. The van der Waals surface area contributed by atoms with Crippen molar-refractivity contribution in [2.75, 3.05) is 13.7 Å². The lowest BCUT2D eigenvalue weighted by molar-refractivity contribution is -0.320. The predicted octanol–water partition coefficient (Wildman–Crippen LogP) is 0.802. The number of hydrogen-bond acceptors (Lipinski definition) is 15. The van der Waals surface area contributed by atoms with Crippen LogP contribution in [0.5, 0.6) is 17.2 Å². The number of benzene rings is 2. The Balaban J connectivity index is 1.34. The normalized spacial score (nSPS) is 31.3. The summed E-state index contributed by atoms with van der Waals surface area (Å²) in [5.41, 5.74) is -0.0147. The quantitative estimate of drug-likeness (QED) is 0.163. The van der Waals surface area contributed by atoms with Crippen LogP contribution in [0.15, 0.2) is 51.7 Å². The fourth-order valence-corrected chi connectivity index (χ4v) is 5.36. The molecule has 0 amide bonds. The molecule has 2 saturated heterocycles. The first-order chi connectivity index (χ1) is 22.8. The first kappa shape index (κ1) is 35.5. The molecule has 6 N–H and O–H groups in total. The van der Waals surface area contributed by atoms with E-state index in [1.807, 2.05) is 0 Å². The van der Waals surface area contributed by atoms with E-state index in [9.17, 15) is 40.2 Å². The first-order valence-electron chi connectivity index (χ1n) is 15.5. The number of carbonyl (C=O) groups is 1. The third-order valence-corrected chi connectivity index (χ3v) is 8.55. The summed E-state index contributed by atoms with van der Waals surface area (Å²) in [5.74, 6) is -0.955. The van der Waals surface area contributed by atoms with E-state index in [4.69, 9.17) is 32.8 Å². The highest BCUT2D eigenvalue weighted by molar-refractivity contribution is 5.86. The lowest BCUT2D eigenvalue weighted by Gasteiger charge is -2.43. The molecule has 2 aliphatic rings. The number of hydrogen-bond donors (Lipinski definition) is 6. The van der Waals surface area contributed by atoms with E-state index in [2.05, 4.69) is 0 Å². The summed E-state index contributed by atoms with van der Waals surface area (Å²) in [5, 5.41) is 63.5. The highest BCUT2D eigenvalue weighted by Crippen LogP contribution is 2.34. The molecule has 0 saturated carbocycles. The average molecular weight is 677 g/mol. The molecular formula is C33H40O15. The topological polar surface area (TPSA) is 224 Å². The Morgan fingerprint density at radius 3 is 2.27 bits per heavy atom. The standard InChI is InChI=1S/C33H40O15/c1-5-14(2)31(41)48-30-28(39)25(36)15(3)44-33(30)43-13-23-26(37)27(38)29(40)32(47-23)45-18-10-19(34)24-20(35)12-21(46-22(24)11-18)16-6-8-17(42-4)9-7-16/h6-12,14-15,23,25-30,32-34,36-40H,5,13H2,1-4H3. The van der Waals surface area contributed by atoms with Crippen molar-refractivity contribution in [2.24, 2.45) is 5.92 Å². The number of carbonyl (C=O) groups excluding carboxylic acids is 1. The monoisotopic (exact) mass is 676 g/mol. The predicted molar refractivity (Wildman–Crippen MR) is 165 cm³/mol. The van der Waals surface area contributed by atoms with E-state index in [1.54, 1.807) is 38.1 Å². The summed E-state index contributed by atoms with van der Waals surface area (Å²) >= 11 is 0. The van der Waals surface area contributed by atoms with Gasteiger partial charge in [-0.3, -0.25) is 9.59 Å². The van der Waals surface area contributed by atoms with Crippen molar-refractivity contribution in [3.05, 3.63) is 52.7 Å². The van der Waals surface area contributed by atoms with Crippen LogP contribution >= 0.6 is 0 Å². The van der Waals surface area contributed by atoms with Crippen molar-refractivity contribution in [1.29, 1.82) is 0 Å². The number of ether oxygens (including phenoxy) is 6. The number of fused-ring (bicyclic) bond motifs is 1. The van der Waals surface area contributed by atoms with Crippen LogP contribution in [0.4, 0.5) is 0 Å². The Morgan fingerprint density at radius 2 is 1.60 bits per heavy atom. The molecule has 1 aromatic heterocycles. The minimum atomic E-state index is -1.79. The van der Waals surface area contributed by atoms with Gasteiger partial charge >= 0.3 is 5.97 Å². The number of methoxy groups -OCH3 is 1. The Bertz CT molecular complexity index is 1620. The van der Waals surface area contributed by atoms with Gasteiger partial charge in [0.25, 0.3) is 0 Å². The maximum atomic E-state index is 12.9. The van der Waals surface area contributed by atoms with E-state index < -0.39 is 91.1 Å². The molecule has 3 heterocycles. The third-order valence-electron chi connectivity index (χ3n) is 8.55. The number of esters is 1. The minimum absolute atomic E-state index is 0.0450. The SMILES string of the molecule is CCC(C)C(=O)OC1C(OCC2OC(Oc3cc(O)c4c(=O)cc(-c5ccc(OC)cc5)oc4c3)C(O)C(O)C2O)OC(C)C(O)C1O. The van der Waals surface area contributed by atoms with Crippen LogP contribution in [0.25, 0.3) is 22.3 Å². The zero-order valence-corrected chi connectivity index (χ0v) is 26.7. The Labute approximate surface area is 274 Å². The van der Waals surface area contributed by atoms with E-state index in [0.29, 0.717) is 17.7 Å².